The highest BCUT2D eigenvalue weighted by Gasteiger charge is 2.33. The lowest BCUT2D eigenvalue weighted by atomic mass is 9.94. The van der Waals surface area contributed by atoms with Crippen molar-refractivity contribution < 1.29 is 13.9 Å². The van der Waals surface area contributed by atoms with Crippen LogP contribution in [0.15, 0.2) is 39.9 Å². The molecule has 1 saturated heterocycles. The third kappa shape index (κ3) is 4.61. The van der Waals surface area contributed by atoms with Gasteiger partial charge >= 0.3 is 5.69 Å². The third-order valence-electron chi connectivity index (χ3n) is 6.70. The number of aromatic nitrogens is 6. The Morgan fingerprint density at radius 2 is 1.89 bits per heavy atom. The Morgan fingerprint density at radius 1 is 1.13 bits per heavy atom. The number of aromatic amines is 1. The molecule has 38 heavy (non-hydrogen) atoms. The highest BCUT2D eigenvalue weighted by Crippen LogP contribution is 2.34. The van der Waals surface area contributed by atoms with Crippen molar-refractivity contribution in [2.75, 3.05) is 6.54 Å². The average molecular weight is 524 g/mol. The van der Waals surface area contributed by atoms with Gasteiger partial charge in [-0.3, -0.25) is 18.7 Å². The van der Waals surface area contributed by atoms with E-state index in [0.717, 1.165) is 0 Å². The maximum Gasteiger partial charge on any atom is 0.332 e. The molecular formula is C26H30FN7O4. The summed E-state index contributed by atoms with van der Waals surface area (Å²) in [5.41, 5.74) is 0.738. The van der Waals surface area contributed by atoms with Gasteiger partial charge < -0.3 is 15.0 Å². The zero-order valence-corrected chi connectivity index (χ0v) is 21.5. The van der Waals surface area contributed by atoms with Crippen LogP contribution in [0.2, 0.25) is 0 Å². The second-order valence-corrected chi connectivity index (χ2v) is 9.53. The molecular weight excluding hydrogens is 493 g/mol. The molecule has 1 aliphatic rings. The molecule has 2 N–H and O–H groups in total. The van der Waals surface area contributed by atoms with E-state index in [-0.39, 0.29) is 35.1 Å². The monoisotopic (exact) mass is 523 g/mol. The Labute approximate surface area is 217 Å². The van der Waals surface area contributed by atoms with Crippen LogP contribution in [-0.4, -0.2) is 41.3 Å². The number of hydrogen-bond acceptors (Lipinski definition) is 6. The van der Waals surface area contributed by atoms with Gasteiger partial charge in [-0.25, -0.2) is 18.9 Å². The minimum atomic E-state index is -0.598. The summed E-state index contributed by atoms with van der Waals surface area (Å²) in [7, 11) is 1.70. The van der Waals surface area contributed by atoms with Gasteiger partial charge in [-0.2, -0.15) is 5.10 Å². The number of amides is 1. The zero-order chi connectivity index (χ0) is 27.0. The van der Waals surface area contributed by atoms with Crippen LogP contribution in [0.4, 0.5) is 4.39 Å². The highest BCUT2D eigenvalue weighted by molar-refractivity contribution is 5.78. The van der Waals surface area contributed by atoms with Gasteiger partial charge in [-0.05, 0) is 30.5 Å². The molecule has 2 atom stereocenters. The molecule has 1 aromatic carbocycles. The molecule has 0 spiro atoms. The Bertz CT molecular complexity index is 1620. The number of benzene rings is 1. The molecule has 1 aliphatic heterocycles. The number of nitrogens with one attached hydrogen (secondary N) is 2. The summed E-state index contributed by atoms with van der Waals surface area (Å²) in [6, 6.07) is 7.80. The number of carbonyl (C=O) groups excluding carboxylic acids is 1. The highest BCUT2D eigenvalue weighted by atomic mass is 19.1. The van der Waals surface area contributed by atoms with Crippen LogP contribution in [0.25, 0.3) is 22.7 Å². The molecule has 4 aromatic rings. The van der Waals surface area contributed by atoms with Gasteiger partial charge in [0.25, 0.3) is 5.56 Å². The predicted octanol–water partition coefficient (Wildman–Crippen LogP) is 2.50. The van der Waals surface area contributed by atoms with E-state index in [1.807, 2.05) is 13.8 Å². The number of aryl methyl sites for hydroxylation is 2. The summed E-state index contributed by atoms with van der Waals surface area (Å²) in [4.78, 5) is 45.6. The van der Waals surface area contributed by atoms with Crippen LogP contribution in [0.5, 0.6) is 5.88 Å². The summed E-state index contributed by atoms with van der Waals surface area (Å²) in [5, 5.41) is 7.32. The minimum Gasteiger partial charge on any atom is -0.469 e. The Kier molecular flexibility index (Phi) is 6.87. The second kappa shape index (κ2) is 10.3. The lowest BCUT2D eigenvalue weighted by molar-refractivity contribution is -0.119. The SMILES string of the molecule is CCCn1c(=O)c2[nH]c(-c3cc(OC(c4cccc(F)c4)C4CNC(=O)C4)n(C)n3)nc2n(CCC)c1=O. The van der Waals surface area contributed by atoms with Gasteiger partial charge in [0.1, 0.15) is 23.1 Å². The molecule has 5 rings (SSSR count). The number of imidazole rings is 1. The van der Waals surface area contributed by atoms with Gasteiger partial charge in [0.05, 0.1) is 0 Å². The number of fused-ring (bicyclic) bond motifs is 1. The number of hydrogen-bond donors (Lipinski definition) is 2. The number of carbonyl (C=O) groups is 1. The van der Waals surface area contributed by atoms with Crippen molar-refractivity contribution in [3.8, 4) is 17.4 Å². The van der Waals surface area contributed by atoms with Gasteiger partial charge in [0.2, 0.25) is 11.8 Å². The summed E-state index contributed by atoms with van der Waals surface area (Å²) in [5.74, 6) is 0.0203. The molecule has 1 fully saturated rings. The summed E-state index contributed by atoms with van der Waals surface area (Å²) >= 11 is 0. The molecule has 11 nitrogen and oxygen atoms in total. The summed E-state index contributed by atoms with van der Waals surface area (Å²) in [6.45, 7) is 5.00. The first-order chi connectivity index (χ1) is 18.3. The van der Waals surface area contributed by atoms with Crippen LogP contribution >= 0.6 is 0 Å². The first kappa shape index (κ1) is 25.4. The van der Waals surface area contributed by atoms with E-state index >= 15 is 0 Å². The zero-order valence-electron chi connectivity index (χ0n) is 21.5. The lowest BCUT2D eigenvalue weighted by Gasteiger charge is -2.24. The fourth-order valence-electron chi connectivity index (χ4n) is 4.90. The fourth-order valence-corrected chi connectivity index (χ4v) is 4.90. The van der Waals surface area contributed by atoms with Crippen molar-refractivity contribution in [2.45, 2.75) is 52.3 Å². The number of nitrogens with zero attached hydrogens (tertiary/aromatic N) is 5. The number of halogens is 1. The van der Waals surface area contributed by atoms with E-state index in [2.05, 4.69) is 20.4 Å². The van der Waals surface area contributed by atoms with Gasteiger partial charge in [-0.1, -0.05) is 26.0 Å². The Morgan fingerprint density at radius 3 is 2.58 bits per heavy atom. The summed E-state index contributed by atoms with van der Waals surface area (Å²) < 4.78 is 24.6. The van der Waals surface area contributed by atoms with E-state index < -0.39 is 17.5 Å². The maximum absolute atomic E-state index is 14.0. The molecule has 12 heteroatoms. The van der Waals surface area contributed by atoms with Crippen LogP contribution in [0, 0.1) is 11.7 Å². The number of rotatable bonds is 9. The van der Waals surface area contributed by atoms with Crippen molar-refractivity contribution in [3.63, 3.8) is 0 Å². The van der Waals surface area contributed by atoms with E-state index in [1.165, 1.54) is 25.9 Å². The van der Waals surface area contributed by atoms with E-state index in [9.17, 15) is 18.8 Å². The number of ether oxygens (including phenoxy) is 1. The Balaban J connectivity index is 1.54. The predicted molar refractivity (Wildman–Crippen MR) is 138 cm³/mol. The third-order valence-corrected chi connectivity index (χ3v) is 6.70. The van der Waals surface area contributed by atoms with Gasteiger partial charge in [0.15, 0.2) is 11.5 Å². The average Bonchev–Trinajstić information content (AvgIpc) is 3.61. The summed E-state index contributed by atoms with van der Waals surface area (Å²) in [6.07, 6.45) is 1.00. The number of H-pyrrole nitrogens is 1. The smallest absolute Gasteiger partial charge is 0.332 e. The van der Waals surface area contributed by atoms with Gasteiger partial charge in [-0.15, -0.1) is 0 Å². The molecule has 3 aromatic heterocycles. The van der Waals surface area contributed by atoms with Crippen LogP contribution in [-0.2, 0) is 24.9 Å². The molecule has 4 heterocycles. The van der Waals surface area contributed by atoms with E-state index in [0.29, 0.717) is 55.4 Å². The first-order valence-electron chi connectivity index (χ1n) is 12.8. The quantitative estimate of drug-likeness (QED) is 0.347. The van der Waals surface area contributed by atoms with Crippen LogP contribution in [0.1, 0.15) is 44.8 Å². The van der Waals surface area contributed by atoms with Crippen LogP contribution < -0.4 is 21.3 Å². The lowest BCUT2D eigenvalue weighted by Crippen LogP contribution is -2.40. The topological polar surface area (TPSA) is 129 Å². The van der Waals surface area contributed by atoms with Crippen molar-refractivity contribution in [3.05, 3.63) is 62.6 Å². The fraction of sp³-hybridized carbons (Fsp3) is 0.423. The van der Waals surface area contributed by atoms with Crippen molar-refractivity contribution in [1.82, 2.24) is 34.2 Å². The van der Waals surface area contributed by atoms with Crippen LogP contribution in [0.3, 0.4) is 0 Å². The molecule has 2 unspecified atom stereocenters. The Hall–Kier alpha value is -4.22. The van der Waals surface area contributed by atoms with Crippen molar-refractivity contribution in [1.29, 1.82) is 0 Å². The molecule has 0 radical (unpaired) electrons. The standard InChI is InChI=1S/C26H30FN7O4/c1-4-9-33-24-21(25(36)34(10-5-2)26(33)37)29-23(30-24)18-13-20(32(3)31-18)38-22(16-12-19(35)28-14-16)15-7-6-8-17(27)11-15/h6-8,11,13,16,22H,4-5,9-10,12,14H2,1-3H3,(H,28,35)(H,29,30). The van der Waals surface area contributed by atoms with Gasteiger partial charge in [0, 0.05) is 45.1 Å². The molecule has 0 bridgehead atoms. The second-order valence-electron chi connectivity index (χ2n) is 9.53. The molecule has 200 valence electrons. The molecule has 1 amide bonds. The maximum atomic E-state index is 14.0. The molecule has 0 saturated carbocycles. The van der Waals surface area contributed by atoms with E-state index in [4.69, 9.17) is 4.74 Å². The largest absolute Gasteiger partial charge is 0.469 e. The van der Waals surface area contributed by atoms with E-state index in [1.54, 1.807) is 25.2 Å². The van der Waals surface area contributed by atoms with Crippen molar-refractivity contribution >= 4 is 17.1 Å². The first-order valence-corrected chi connectivity index (χ1v) is 12.8. The van der Waals surface area contributed by atoms with Crippen molar-refractivity contribution in [2.24, 2.45) is 13.0 Å². The molecule has 0 aliphatic carbocycles. The minimum absolute atomic E-state index is 0.0835. The normalized spacial score (nSPS) is 16.2.